The predicted octanol–water partition coefficient (Wildman–Crippen LogP) is 4.74. The van der Waals surface area contributed by atoms with E-state index in [1.165, 1.54) is 34.7 Å². The highest BCUT2D eigenvalue weighted by molar-refractivity contribution is 5.78. The van der Waals surface area contributed by atoms with Gasteiger partial charge in [-0.3, -0.25) is 14.6 Å². The van der Waals surface area contributed by atoms with Crippen LogP contribution in [0.15, 0.2) is 52.1 Å². The van der Waals surface area contributed by atoms with Crippen LogP contribution in [0, 0.1) is 6.92 Å². The summed E-state index contributed by atoms with van der Waals surface area (Å²) < 4.78 is 93.9. The molecule has 13 nitrogen and oxygen atoms in total. The lowest BCUT2D eigenvalue weighted by Gasteiger charge is -2.18. The van der Waals surface area contributed by atoms with Crippen molar-refractivity contribution in [1.29, 1.82) is 0 Å². The first-order valence-corrected chi connectivity index (χ1v) is 15.8. The summed E-state index contributed by atoms with van der Waals surface area (Å²) in [6.45, 7) is 0.428. The van der Waals surface area contributed by atoms with Gasteiger partial charge in [-0.15, -0.1) is 0 Å². The molecule has 0 aliphatic heterocycles. The van der Waals surface area contributed by atoms with E-state index < -0.39 is 59.9 Å². The number of fused-ring (bicyclic) bond motifs is 3. The number of benzene rings is 2. The summed E-state index contributed by atoms with van der Waals surface area (Å²) in [5.74, 6) is 0.238. The van der Waals surface area contributed by atoms with Gasteiger partial charge in [-0.05, 0) is 60.7 Å². The Morgan fingerprint density at radius 2 is 1.58 bits per heavy atom. The van der Waals surface area contributed by atoms with Crippen molar-refractivity contribution in [1.82, 2.24) is 39.5 Å². The Hall–Kier alpha value is -5.56. The molecule has 1 aliphatic rings. The van der Waals surface area contributed by atoms with Crippen molar-refractivity contribution in [3.8, 4) is 6.01 Å². The molecule has 3 N–H and O–H groups in total. The molecular weight excluding hydrogens is 702 g/mol. The number of aromatic nitrogens is 8. The van der Waals surface area contributed by atoms with E-state index in [0.717, 1.165) is 24.3 Å². The topological polar surface area (TPSA) is 166 Å². The SMILES string of the molecule is COCC(c1ccc(C(F)(F)F)cc1)n1nc(COc2nc3c(c(CO)nn3C3CCc4cc(C(F)(F)F)ccc43)c(=O)[nH]2)c2c(=O)[nH]c(C)nc21. The van der Waals surface area contributed by atoms with Gasteiger partial charge in [-0.1, -0.05) is 18.2 Å². The number of hydrogen-bond donors (Lipinski definition) is 3. The molecule has 2 atom stereocenters. The van der Waals surface area contributed by atoms with E-state index in [4.69, 9.17) is 9.47 Å². The highest BCUT2D eigenvalue weighted by Gasteiger charge is 2.35. The third-order valence-corrected chi connectivity index (χ3v) is 8.91. The van der Waals surface area contributed by atoms with Crippen molar-refractivity contribution in [3.05, 3.63) is 108 Å². The first kappa shape index (κ1) is 34.9. The standard InChI is InChI=1S/C33H28F6N8O5/c1-15-40-27-26(29(49)41-15)22(45-47(27)24(14-51-2)16-3-6-18(7-4-16)32(34,35)36)13-52-31-42-28-25(30(50)43-31)21(12-48)44-46(28)23-10-5-17-11-19(33(37,38)39)8-9-20(17)23/h3-4,6-9,11,23-24,48H,5,10,12-14H2,1-2H3,(H,40,41,49)(H,42,43,50). The second-order valence-electron chi connectivity index (χ2n) is 12.2. The number of ether oxygens (including phenoxy) is 2. The summed E-state index contributed by atoms with van der Waals surface area (Å²) in [6.07, 6.45) is -8.42. The largest absolute Gasteiger partial charge is 0.458 e. The maximum atomic E-state index is 13.4. The number of hydrogen-bond acceptors (Lipinski definition) is 9. The molecule has 4 aromatic heterocycles. The Morgan fingerprint density at radius 1 is 0.904 bits per heavy atom. The zero-order chi connectivity index (χ0) is 37.1. The lowest BCUT2D eigenvalue weighted by atomic mass is 10.0. The van der Waals surface area contributed by atoms with Crippen LogP contribution in [0.1, 0.15) is 63.5 Å². The van der Waals surface area contributed by atoms with Crippen molar-refractivity contribution < 1.29 is 40.9 Å². The van der Waals surface area contributed by atoms with Crippen molar-refractivity contribution in [3.63, 3.8) is 0 Å². The van der Waals surface area contributed by atoms with E-state index >= 15 is 0 Å². The average Bonchev–Trinajstić information content (AvgIpc) is 3.78. The zero-order valence-electron chi connectivity index (χ0n) is 27.3. The number of nitrogens with one attached hydrogen (secondary N) is 2. The summed E-state index contributed by atoms with van der Waals surface area (Å²) in [4.78, 5) is 40.5. The van der Waals surface area contributed by atoms with Crippen molar-refractivity contribution >= 4 is 22.1 Å². The molecule has 272 valence electrons. The van der Waals surface area contributed by atoms with E-state index in [0.29, 0.717) is 29.5 Å². The van der Waals surface area contributed by atoms with Gasteiger partial charge in [0.05, 0.1) is 30.4 Å². The van der Waals surface area contributed by atoms with Gasteiger partial charge in [0.2, 0.25) is 0 Å². The minimum Gasteiger partial charge on any atom is -0.458 e. The molecule has 2 aromatic carbocycles. The van der Waals surface area contributed by atoms with Crippen LogP contribution in [0.4, 0.5) is 26.3 Å². The molecule has 0 bridgehead atoms. The maximum Gasteiger partial charge on any atom is 0.416 e. The third kappa shape index (κ3) is 6.19. The number of aliphatic hydroxyl groups is 1. The van der Waals surface area contributed by atoms with Crippen LogP contribution in [0.2, 0.25) is 0 Å². The maximum absolute atomic E-state index is 13.4. The quantitative estimate of drug-likeness (QED) is 0.178. The average molecular weight is 731 g/mol. The number of H-pyrrole nitrogens is 2. The Kier molecular flexibility index (Phi) is 8.64. The number of alkyl halides is 6. The highest BCUT2D eigenvalue weighted by Crippen LogP contribution is 2.39. The molecule has 1 aliphatic carbocycles. The summed E-state index contributed by atoms with van der Waals surface area (Å²) in [5, 5.41) is 18.9. The number of aromatic amines is 2. The molecular formula is C33H28F6N8O5. The Bertz CT molecular complexity index is 2430. The van der Waals surface area contributed by atoms with Crippen molar-refractivity contribution in [2.75, 3.05) is 13.7 Å². The molecule has 0 radical (unpaired) electrons. The molecule has 0 saturated heterocycles. The number of aryl methyl sites for hydroxylation is 2. The second kappa shape index (κ2) is 12.9. The van der Waals surface area contributed by atoms with Crippen molar-refractivity contribution in [2.24, 2.45) is 0 Å². The smallest absolute Gasteiger partial charge is 0.416 e. The van der Waals surface area contributed by atoms with Crippen LogP contribution >= 0.6 is 0 Å². The fourth-order valence-electron chi connectivity index (χ4n) is 6.56. The molecule has 6 aromatic rings. The number of methoxy groups -OCH3 is 1. The lowest BCUT2D eigenvalue weighted by molar-refractivity contribution is -0.138. The van der Waals surface area contributed by atoms with Gasteiger partial charge in [-0.25, -0.2) is 14.3 Å². The summed E-state index contributed by atoms with van der Waals surface area (Å²) in [5.41, 5.74) is -1.36. The zero-order valence-corrected chi connectivity index (χ0v) is 27.3. The number of aliphatic hydroxyl groups excluding tert-OH is 1. The fraction of sp³-hybridized carbons (Fsp3) is 0.333. The van der Waals surface area contributed by atoms with Gasteiger partial charge in [0.15, 0.2) is 11.3 Å². The minimum atomic E-state index is -4.55. The highest BCUT2D eigenvalue weighted by atomic mass is 19.4. The molecule has 0 saturated carbocycles. The molecule has 0 spiro atoms. The normalized spacial score (nSPS) is 15.4. The molecule has 0 fully saturated rings. The molecule has 7 rings (SSSR count). The first-order valence-electron chi connectivity index (χ1n) is 15.8. The van der Waals surface area contributed by atoms with Gasteiger partial charge < -0.3 is 19.6 Å². The third-order valence-electron chi connectivity index (χ3n) is 8.91. The van der Waals surface area contributed by atoms with Crippen LogP contribution in [-0.2, 0) is 36.7 Å². The van der Waals surface area contributed by atoms with Crippen LogP contribution in [0.5, 0.6) is 6.01 Å². The Morgan fingerprint density at radius 3 is 2.25 bits per heavy atom. The summed E-state index contributed by atoms with van der Waals surface area (Å²) >= 11 is 0. The van der Waals surface area contributed by atoms with Crippen LogP contribution in [-0.4, -0.2) is 58.3 Å². The van der Waals surface area contributed by atoms with Crippen LogP contribution < -0.4 is 15.9 Å². The second-order valence-corrected chi connectivity index (χ2v) is 12.2. The van der Waals surface area contributed by atoms with E-state index in [-0.39, 0.29) is 51.9 Å². The predicted molar refractivity (Wildman–Crippen MR) is 171 cm³/mol. The van der Waals surface area contributed by atoms with Gasteiger partial charge in [-0.2, -0.15) is 41.5 Å². The molecule has 2 unspecified atom stereocenters. The summed E-state index contributed by atoms with van der Waals surface area (Å²) in [7, 11) is 1.40. The summed E-state index contributed by atoms with van der Waals surface area (Å²) in [6, 6.07) is 6.09. The molecule has 19 heteroatoms. The monoisotopic (exact) mass is 730 g/mol. The van der Waals surface area contributed by atoms with Gasteiger partial charge in [0.25, 0.3) is 17.1 Å². The minimum absolute atomic E-state index is 0.000767. The van der Waals surface area contributed by atoms with Crippen LogP contribution in [0.25, 0.3) is 22.1 Å². The van der Waals surface area contributed by atoms with E-state index in [1.807, 2.05) is 0 Å². The number of rotatable bonds is 9. The fourth-order valence-corrected chi connectivity index (χ4v) is 6.56. The van der Waals surface area contributed by atoms with E-state index in [2.05, 4.69) is 30.1 Å². The van der Waals surface area contributed by atoms with Crippen LogP contribution in [0.3, 0.4) is 0 Å². The first-order chi connectivity index (χ1) is 24.7. The van der Waals surface area contributed by atoms with Gasteiger partial charge >= 0.3 is 12.4 Å². The van der Waals surface area contributed by atoms with Gasteiger partial charge in [0, 0.05) is 7.11 Å². The number of halogens is 6. The van der Waals surface area contributed by atoms with Gasteiger partial charge in [0.1, 0.15) is 40.6 Å². The van der Waals surface area contributed by atoms with E-state index in [1.54, 1.807) is 6.92 Å². The Labute approximate surface area is 287 Å². The Balaban J connectivity index is 1.26. The lowest BCUT2D eigenvalue weighted by Crippen LogP contribution is -2.19. The molecule has 0 amide bonds. The van der Waals surface area contributed by atoms with Crippen molar-refractivity contribution in [2.45, 2.75) is 57.4 Å². The number of nitrogens with zero attached hydrogens (tertiary/aromatic N) is 6. The molecule has 52 heavy (non-hydrogen) atoms. The van der Waals surface area contributed by atoms with E-state index in [9.17, 15) is 41.0 Å². The molecule has 4 heterocycles.